The first-order chi connectivity index (χ1) is 20.2. The number of carbonyl (C=O) groups is 2. The summed E-state index contributed by atoms with van der Waals surface area (Å²) in [6.07, 6.45) is -2.45. The van der Waals surface area contributed by atoms with Gasteiger partial charge in [0, 0.05) is 24.5 Å². The van der Waals surface area contributed by atoms with Gasteiger partial charge in [-0.15, -0.1) is 0 Å². The summed E-state index contributed by atoms with van der Waals surface area (Å²) in [6, 6.07) is 17.1. The van der Waals surface area contributed by atoms with Gasteiger partial charge in [-0.25, -0.2) is 8.42 Å². The first-order valence-electron chi connectivity index (χ1n) is 13.4. The molecule has 0 aliphatic carbocycles. The molecule has 3 rings (SSSR count). The lowest BCUT2D eigenvalue weighted by Gasteiger charge is -2.33. The highest BCUT2D eigenvalue weighted by molar-refractivity contribution is 7.92. The van der Waals surface area contributed by atoms with Crippen LogP contribution in [0.3, 0.4) is 0 Å². The van der Waals surface area contributed by atoms with Gasteiger partial charge in [0.25, 0.3) is 0 Å². The van der Waals surface area contributed by atoms with Crippen LogP contribution in [0.15, 0.2) is 72.8 Å². The van der Waals surface area contributed by atoms with Crippen LogP contribution in [0.4, 0.5) is 18.9 Å². The van der Waals surface area contributed by atoms with E-state index in [1.807, 2.05) is 13.0 Å². The molecule has 1 atom stereocenters. The number of anilines is 1. The summed E-state index contributed by atoms with van der Waals surface area (Å²) >= 11 is 11.8. The van der Waals surface area contributed by atoms with Crippen LogP contribution in [0.25, 0.3) is 0 Å². The van der Waals surface area contributed by atoms with Crippen molar-refractivity contribution in [1.29, 1.82) is 0 Å². The van der Waals surface area contributed by atoms with E-state index in [1.165, 1.54) is 4.90 Å². The molecule has 0 spiro atoms. The summed E-state index contributed by atoms with van der Waals surface area (Å²) < 4.78 is 67.1. The van der Waals surface area contributed by atoms with Crippen molar-refractivity contribution in [2.75, 3.05) is 23.7 Å². The number of hydrogen-bond donors (Lipinski definition) is 1. The van der Waals surface area contributed by atoms with Crippen LogP contribution in [0, 0.1) is 0 Å². The lowest BCUT2D eigenvalue weighted by Crippen LogP contribution is -2.53. The van der Waals surface area contributed by atoms with E-state index in [0.717, 1.165) is 30.4 Å². The zero-order valence-electron chi connectivity index (χ0n) is 23.6. The monoisotopic (exact) mass is 657 g/mol. The molecule has 43 heavy (non-hydrogen) atoms. The maximum atomic E-state index is 14.0. The maximum absolute atomic E-state index is 14.0. The standard InChI is InChI=1S/C30H32Cl2F3N3O4S/c1-3-4-16-36-29(40)27(17-21-8-6-5-7-9-21)37(19-22-10-12-23(31)13-11-22)28(39)20-38(43(2,41)42)24-14-15-26(32)25(18-24)30(33,34)35/h5-15,18,27H,3-4,16-17,19-20H2,1-2H3,(H,36,40)/t27-/m0/s1. The minimum Gasteiger partial charge on any atom is -0.354 e. The Labute approximate surface area is 259 Å². The molecular formula is C30H32Cl2F3N3O4S. The Morgan fingerprint density at radius 3 is 2.19 bits per heavy atom. The first kappa shape index (κ1) is 34.2. The zero-order chi connectivity index (χ0) is 31.8. The van der Waals surface area contributed by atoms with Crippen molar-refractivity contribution in [2.45, 2.75) is 44.9 Å². The van der Waals surface area contributed by atoms with Crippen molar-refractivity contribution in [3.05, 3.63) is 99.5 Å². The maximum Gasteiger partial charge on any atom is 0.417 e. The van der Waals surface area contributed by atoms with Gasteiger partial charge < -0.3 is 10.2 Å². The average molecular weight is 659 g/mol. The average Bonchev–Trinajstić information content (AvgIpc) is 2.94. The third-order valence-corrected chi connectivity index (χ3v) is 8.31. The molecule has 7 nitrogen and oxygen atoms in total. The summed E-state index contributed by atoms with van der Waals surface area (Å²) in [5.74, 6) is -1.24. The molecule has 3 aromatic carbocycles. The fourth-order valence-electron chi connectivity index (χ4n) is 4.35. The van der Waals surface area contributed by atoms with Crippen molar-refractivity contribution >= 4 is 50.7 Å². The van der Waals surface area contributed by atoms with Gasteiger partial charge in [-0.3, -0.25) is 13.9 Å². The van der Waals surface area contributed by atoms with Crippen LogP contribution in [0.2, 0.25) is 10.0 Å². The van der Waals surface area contributed by atoms with E-state index in [-0.39, 0.29) is 13.0 Å². The minimum absolute atomic E-state index is 0.0965. The van der Waals surface area contributed by atoms with E-state index < -0.39 is 56.9 Å². The van der Waals surface area contributed by atoms with E-state index in [2.05, 4.69) is 5.32 Å². The van der Waals surface area contributed by atoms with Crippen molar-refractivity contribution in [3.63, 3.8) is 0 Å². The largest absolute Gasteiger partial charge is 0.417 e. The summed E-state index contributed by atoms with van der Waals surface area (Å²) in [5, 5.41) is 2.69. The molecule has 0 bridgehead atoms. The number of nitrogens with zero attached hydrogens (tertiary/aromatic N) is 2. The summed E-state index contributed by atoms with van der Waals surface area (Å²) in [6.45, 7) is 1.37. The quantitative estimate of drug-likeness (QED) is 0.218. The van der Waals surface area contributed by atoms with Crippen molar-refractivity contribution < 1.29 is 31.2 Å². The second-order valence-corrected chi connectivity index (χ2v) is 12.7. The molecule has 0 unspecified atom stereocenters. The summed E-state index contributed by atoms with van der Waals surface area (Å²) in [4.78, 5) is 28.8. The van der Waals surface area contributed by atoms with E-state index in [0.29, 0.717) is 33.9 Å². The van der Waals surface area contributed by atoms with Crippen LogP contribution >= 0.6 is 23.2 Å². The number of alkyl halides is 3. The van der Waals surface area contributed by atoms with Crippen LogP contribution < -0.4 is 9.62 Å². The first-order valence-corrected chi connectivity index (χ1v) is 16.0. The highest BCUT2D eigenvalue weighted by Crippen LogP contribution is 2.37. The third kappa shape index (κ3) is 9.87. The van der Waals surface area contributed by atoms with Crippen molar-refractivity contribution in [1.82, 2.24) is 10.2 Å². The molecule has 0 heterocycles. The minimum atomic E-state index is -4.86. The Morgan fingerprint density at radius 2 is 1.60 bits per heavy atom. The van der Waals surface area contributed by atoms with Gasteiger partial charge in [0.05, 0.1) is 22.5 Å². The predicted octanol–water partition coefficient (Wildman–Crippen LogP) is 6.33. The Balaban J connectivity index is 2.07. The van der Waals surface area contributed by atoms with E-state index in [4.69, 9.17) is 23.2 Å². The lowest BCUT2D eigenvalue weighted by molar-refractivity contribution is -0.140. The number of amides is 2. The predicted molar refractivity (Wildman–Crippen MR) is 162 cm³/mol. The zero-order valence-corrected chi connectivity index (χ0v) is 25.9. The van der Waals surface area contributed by atoms with Gasteiger partial charge in [0.1, 0.15) is 12.6 Å². The molecule has 232 valence electrons. The van der Waals surface area contributed by atoms with Gasteiger partial charge in [-0.2, -0.15) is 13.2 Å². The van der Waals surface area contributed by atoms with Gasteiger partial charge in [0.15, 0.2) is 0 Å². The fourth-order valence-corrected chi connectivity index (χ4v) is 5.54. The number of halogens is 5. The molecule has 2 amide bonds. The molecule has 0 aliphatic heterocycles. The number of rotatable bonds is 13. The lowest BCUT2D eigenvalue weighted by atomic mass is 10.0. The van der Waals surface area contributed by atoms with Gasteiger partial charge >= 0.3 is 6.18 Å². The van der Waals surface area contributed by atoms with Crippen LogP contribution in [-0.4, -0.2) is 50.5 Å². The molecule has 0 saturated heterocycles. The van der Waals surface area contributed by atoms with E-state index >= 15 is 0 Å². The Hall–Kier alpha value is -3.28. The van der Waals surface area contributed by atoms with Gasteiger partial charge in [-0.1, -0.05) is 79.0 Å². The Kier molecular flexibility index (Phi) is 11.9. The van der Waals surface area contributed by atoms with Crippen LogP contribution in [0.1, 0.15) is 36.5 Å². The fraction of sp³-hybridized carbons (Fsp3) is 0.333. The number of sulfonamides is 1. The number of unbranched alkanes of at least 4 members (excludes halogenated alkanes) is 1. The van der Waals surface area contributed by atoms with Crippen LogP contribution in [-0.2, 0) is 38.8 Å². The van der Waals surface area contributed by atoms with Crippen molar-refractivity contribution in [2.24, 2.45) is 0 Å². The molecule has 13 heteroatoms. The SMILES string of the molecule is CCCCNC(=O)[C@H](Cc1ccccc1)N(Cc1ccc(Cl)cc1)C(=O)CN(c1ccc(Cl)c(C(F)(F)F)c1)S(C)(=O)=O. The number of nitrogens with one attached hydrogen (secondary N) is 1. The molecule has 0 radical (unpaired) electrons. The second-order valence-electron chi connectivity index (χ2n) is 9.93. The molecular weight excluding hydrogens is 626 g/mol. The molecule has 0 fully saturated rings. The van der Waals surface area contributed by atoms with Crippen LogP contribution in [0.5, 0.6) is 0 Å². The second kappa shape index (κ2) is 14.9. The van der Waals surface area contributed by atoms with E-state index in [1.54, 1.807) is 48.5 Å². The van der Waals surface area contributed by atoms with Gasteiger partial charge in [-0.05, 0) is 47.9 Å². The normalized spacial score (nSPS) is 12.4. The Morgan fingerprint density at radius 1 is 0.953 bits per heavy atom. The molecule has 3 aromatic rings. The smallest absolute Gasteiger partial charge is 0.354 e. The van der Waals surface area contributed by atoms with Crippen molar-refractivity contribution in [3.8, 4) is 0 Å². The topological polar surface area (TPSA) is 86.8 Å². The summed E-state index contributed by atoms with van der Waals surface area (Å²) in [5.41, 5.74) is -0.289. The molecule has 1 N–H and O–H groups in total. The van der Waals surface area contributed by atoms with E-state index in [9.17, 15) is 31.2 Å². The molecule has 0 aliphatic rings. The molecule has 0 aromatic heterocycles. The highest BCUT2D eigenvalue weighted by atomic mass is 35.5. The Bertz CT molecular complexity index is 1510. The highest BCUT2D eigenvalue weighted by Gasteiger charge is 2.36. The number of carbonyl (C=O) groups excluding carboxylic acids is 2. The van der Waals surface area contributed by atoms with Gasteiger partial charge in [0.2, 0.25) is 21.8 Å². The number of benzene rings is 3. The molecule has 0 saturated carbocycles. The third-order valence-electron chi connectivity index (χ3n) is 6.59. The summed E-state index contributed by atoms with van der Waals surface area (Å²) in [7, 11) is -4.27. The number of hydrogen-bond acceptors (Lipinski definition) is 4.